The molecule has 1 aromatic carbocycles. The predicted molar refractivity (Wildman–Crippen MR) is 79.7 cm³/mol. The van der Waals surface area contributed by atoms with Crippen molar-refractivity contribution in [3.63, 3.8) is 0 Å². The lowest BCUT2D eigenvalue weighted by Crippen LogP contribution is -2.39. The molecule has 5 heteroatoms. The van der Waals surface area contributed by atoms with Crippen molar-refractivity contribution in [2.45, 2.75) is 19.9 Å². The molecule has 0 bridgehead atoms. The molecule has 104 valence electrons. The van der Waals surface area contributed by atoms with Gasteiger partial charge in [-0.3, -0.25) is 4.79 Å². The van der Waals surface area contributed by atoms with E-state index in [-0.39, 0.29) is 12.0 Å². The van der Waals surface area contributed by atoms with E-state index in [2.05, 4.69) is 52.1 Å². The van der Waals surface area contributed by atoms with Crippen LogP contribution in [0.3, 0.4) is 0 Å². The van der Waals surface area contributed by atoms with Crippen molar-refractivity contribution < 1.29 is 9.90 Å². The van der Waals surface area contributed by atoms with Crippen LogP contribution < -0.4 is 10.2 Å². The standard InChI is InChI=1S/C14H19BrN2O2/c1-9-5-12(15)3-4-13(9)17-8-11(14(18)19)7-16-6-10(17)2/h3-5,10-11,16H,6-8H2,1-2H3,(H,18,19). The van der Waals surface area contributed by atoms with E-state index in [1.54, 1.807) is 0 Å². The first-order valence-corrected chi connectivity index (χ1v) is 7.24. The first kappa shape index (κ1) is 14.3. The molecule has 1 saturated heterocycles. The Kier molecular flexibility index (Phi) is 4.47. The molecule has 1 fully saturated rings. The van der Waals surface area contributed by atoms with Crippen molar-refractivity contribution >= 4 is 27.6 Å². The second-order valence-corrected chi connectivity index (χ2v) is 6.04. The molecule has 0 aromatic heterocycles. The van der Waals surface area contributed by atoms with E-state index < -0.39 is 5.97 Å². The molecule has 0 radical (unpaired) electrons. The number of nitrogens with one attached hydrogen (secondary N) is 1. The molecule has 2 N–H and O–H groups in total. The van der Waals surface area contributed by atoms with Crippen LogP contribution in [0.5, 0.6) is 0 Å². The van der Waals surface area contributed by atoms with Gasteiger partial charge in [0.1, 0.15) is 0 Å². The number of carboxylic acid groups (broad SMARTS) is 1. The van der Waals surface area contributed by atoms with Gasteiger partial charge in [-0.05, 0) is 37.6 Å². The zero-order chi connectivity index (χ0) is 14.0. The summed E-state index contributed by atoms with van der Waals surface area (Å²) >= 11 is 3.46. The van der Waals surface area contributed by atoms with Crippen molar-refractivity contribution in [3.05, 3.63) is 28.2 Å². The summed E-state index contributed by atoms with van der Waals surface area (Å²) in [4.78, 5) is 13.5. The summed E-state index contributed by atoms with van der Waals surface area (Å²) in [5.74, 6) is -1.10. The Morgan fingerprint density at radius 3 is 2.84 bits per heavy atom. The normalized spacial score (nSPS) is 24.1. The molecule has 1 aliphatic rings. The van der Waals surface area contributed by atoms with Gasteiger partial charge >= 0.3 is 5.97 Å². The summed E-state index contributed by atoms with van der Waals surface area (Å²) in [6, 6.07) is 6.41. The number of halogens is 1. The molecular formula is C14H19BrN2O2. The Balaban J connectivity index is 2.30. The lowest BCUT2D eigenvalue weighted by atomic mass is 10.1. The van der Waals surface area contributed by atoms with Crippen molar-refractivity contribution in [2.75, 3.05) is 24.5 Å². The lowest BCUT2D eigenvalue weighted by molar-refractivity contribution is -0.141. The zero-order valence-corrected chi connectivity index (χ0v) is 12.8. The Morgan fingerprint density at radius 2 is 2.21 bits per heavy atom. The predicted octanol–water partition coefficient (Wildman–Crippen LogP) is 2.26. The molecule has 1 aliphatic heterocycles. The van der Waals surface area contributed by atoms with E-state index in [0.717, 1.165) is 22.3 Å². The number of carboxylic acids is 1. The SMILES string of the molecule is Cc1cc(Br)ccc1N1CC(C(=O)O)CNCC1C. The molecule has 4 nitrogen and oxygen atoms in total. The maximum absolute atomic E-state index is 11.3. The Hall–Kier alpha value is -1.07. The van der Waals surface area contributed by atoms with Gasteiger partial charge in [0.15, 0.2) is 0 Å². The van der Waals surface area contributed by atoms with Gasteiger partial charge in [0, 0.05) is 35.8 Å². The van der Waals surface area contributed by atoms with Gasteiger partial charge in [0.25, 0.3) is 0 Å². The number of benzene rings is 1. The van der Waals surface area contributed by atoms with Gasteiger partial charge in [-0.25, -0.2) is 0 Å². The van der Waals surface area contributed by atoms with Crippen molar-refractivity contribution in [1.82, 2.24) is 5.32 Å². The quantitative estimate of drug-likeness (QED) is 0.875. The summed E-state index contributed by atoms with van der Waals surface area (Å²) in [5.41, 5.74) is 2.28. The summed E-state index contributed by atoms with van der Waals surface area (Å²) in [7, 11) is 0. The Morgan fingerprint density at radius 1 is 1.47 bits per heavy atom. The van der Waals surface area contributed by atoms with Gasteiger partial charge in [-0.1, -0.05) is 15.9 Å². The van der Waals surface area contributed by atoms with E-state index in [4.69, 9.17) is 0 Å². The van der Waals surface area contributed by atoms with Crippen LogP contribution in [0.15, 0.2) is 22.7 Å². The maximum atomic E-state index is 11.3. The van der Waals surface area contributed by atoms with E-state index in [9.17, 15) is 9.90 Å². The third kappa shape index (κ3) is 3.28. The number of rotatable bonds is 2. The van der Waals surface area contributed by atoms with Crippen LogP contribution in [-0.4, -0.2) is 36.8 Å². The molecule has 19 heavy (non-hydrogen) atoms. The largest absolute Gasteiger partial charge is 0.481 e. The fourth-order valence-corrected chi connectivity index (χ4v) is 2.98. The molecule has 2 atom stereocenters. The molecule has 2 unspecified atom stereocenters. The number of hydrogen-bond donors (Lipinski definition) is 2. The van der Waals surface area contributed by atoms with Crippen molar-refractivity contribution in [3.8, 4) is 0 Å². The first-order chi connectivity index (χ1) is 8.99. The van der Waals surface area contributed by atoms with Crippen molar-refractivity contribution in [2.24, 2.45) is 5.92 Å². The minimum absolute atomic E-state index is 0.282. The summed E-state index contributed by atoms with van der Waals surface area (Å²) < 4.78 is 1.05. The monoisotopic (exact) mass is 326 g/mol. The van der Waals surface area contributed by atoms with Crippen LogP contribution >= 0.6 is 15.9 Å². The molecular weight excluding hydrogens is 308 g/mol. The number of hydrogen-bond acceptors (Lipinski definition) is 3. The van der Waals surface area contributed by atoms with Crippen molar-refractivity contribution in [1.29, 1.82) is 0 Å². The van der Waals surface area contributed by atoms with Gasteiger partial charge in [-0.15, -0.1) is 0 Å². The van der Waals surface area contributed by atoms with E-state index in [1.807, 2.05) is 6.07 Å². The highest BCUT2D eigenvalue weighted by Gasteiger charge is 2.28. The van der Waals surface area contributed by atoms with E-state index in [0.29, 0.717) is 13.1 Å². The average Bonchev–Trinajstić information content (AvgIpc) is 2.52. The highest BCUT2D eigenvalue weighted by molar-refractivity contribution is 9.10. The second kappa shape index (κ2) is 5.92. The maximum Gasteiger partial charge on any atom is 0.309 e. The smallest absolute Gasteiger partial charge is 0.309 e. The number of aliphatic carboxylic acids is 1. The Labute approximate surface area is 121 Å². The zero-order valence-electron chi connectivity index (χ0n) is 11.2. The Bertz CT molecular complexity index is 479. The molecule has 1 aromatic rings. The number of aryl methyl sites for hydroxylation is 1. The first-order valence-electron chi connectivity index (χ1n) is 6.45. The van der Waals surface area contributed by atoms with Gasteiger partial charge in [0.05, 0.1) is 5.92 Å². The average molecular weight is 327 g/mol. The van der Waals surface area contributed by atoms with Crippen LogP contribution in [0.2, 0.25) is 0 Å². The fourth-order valence-electron chi connectivity index (χ4n) is 2.50. The lowest BCUT2D eigenvalue weighted by Gasteiger charge is -2.31. The third-order valence-corrected chi connectivity index (χ3v) is 4.09. The van der Waals surface area contributed by atoms with Gasteiger partial charge in [-0.2, -0.15) is 0 Å². The molecule has 2 rings (SSSR count). The summed E-state index contributed by atoms with van der Waals surface area (Å²) in [5, 5.41) is 12.5. The molecule has 0 aliphatic carbocycles. The fraction of sp³-hybridized carbons (Fsp3) is 0.500. The van der Waals surface area contributed by atoms with Crippen LogP contribution in [0.25, 0.3) is 0 Å². The summed E-state index contributed by atoms with van der Waals surface area (Å²) in [6.07, 6.45) is 0. The van der Waals surface area contributed by atoms with Crippen LogP contribution in [0.4, 0.5) is 5.69 Å². The minimum Gasteiger partial charge on any atom is -0.481 e. The third-order valence-electron chi connectivity index (χ3n) is 3.60. The van der Waals surface area contributed by atoms with Crippen LogP contribution in [0.1, 0.15) is 12.5 Å². The number of anilines is 1. The topological polar surface area (TPSA) is 52.6 Å². The molecule has 0 amide bonds. The second-order valence-electron chi connectivity index (χ2n) is 5.13. The summed E-state index contributed by atoms with van der Waals surface area (Å²) in [6.45, 7) is 6.07. The van der Waals surface area contributed by atoms with Crippen LogP contribution in [-0.2, 0) is 4.79 Å². The molecule has 1 heterocycles. The molecule has 0 saturated carbocycles. The minimum atomic E-state index is -0.735. The highest BCUT2D eigenvalue weighted by atomic mass is 79.9. The van der Waals surface area contributed by atoms with Gasteiger partial charge < -0.3 is 15.3 Å². The van der Waals surface area contributed by atoms with E-state index >= 15 is 0 Å². The highest BCUT2D eigenvalue weighted by Crippen LogP contribution is 2.27. The van der Waals surface area contributed by atoms with E-state index in [1.165, 1.54) is 0 Å². The number of nitrogens with zero attached hydrogens (tertiary/aromatic N) is 1. The van der Waals surface area contributed by atoms with Gasteiger partial charge in [0.2, 0.25) is 0 Å². The van der Waals surface area contributed by atoms with Crippen LogP contribution in [0, 0.1) is 12.8 Å². The molecule has 0 spiro atoms. The number of carbonyl (C=O) groups is 1.